The quantitative estimate of drug-likeness (QED) is 0.726. The third-order valence-electron chi connectivity index (χ3n) is 3.02. The average molecular weight is 285 g/mol. The van der Waals surface area contributed by atoms with Crippen molar-refractivity contribution < 1.29 is 9.90 Å². The molecule has 1 heterocycles. The van der Waals surface area contributed by atoms with Gasteiger partial charge in [-0.15, -0.1) is 11.3 Å². The van der Waals surface area contributed by atoms with Gasteiger partial charge < -0.3 is 10.4 Å². The van der Waals surface area contributed by atoms with Crippen LogP contribution in [0.1, 0.15) is 0 Å². The van der Waals surface area contributed by atoms with Crippen molar-refractivity contribution >= 4 is 43.2 Å². The maximum atomic E-state index is 12.4. The molecule has 100 valence electrons. The predicted molar refractivity (Wildman–Crippen MR) is 81.7 cm³/mol. The predicted octanol–water partition coefficient (Wildman–Crippen LogP) is 2.91. The summed E-state index contributed by atoms with van der Waals surface area (Å²) in [5, 5.41) is 12.7. The van der Waals surface area contributed by atoms with Crippen LogP contribution in [0.3, 0.4) is 0 Å². The molecule has 3 aromatic rings. The van der Waals surface area contributed by atoms with Crippen LogP contribution in [0, 0.1) is 0 Å². The summed E-state index contributed by atoms with van der Waals surface area (Å²) in [7, 11) is 0. The van der Waals surface area contributed by atoms with Crippen molar-refractivity contribution in [2.24, 2.45) is 0 Å². The van der Waals surface area contributed by atoms with Gasteiger partial charge >= 0.3 is 5.97 Å². The monoisotopic (exact) mass is 285 g/mol. The summed E-state index contributed by atoms with van der Waals surface area (Å²) < 4.78 is 1.85. The molecule has 0 saturated carbocycles. The van der Waals surface area contributed by atoms with E-state index in [2.05, 4.69) is 5.32 Å². The van der Waals surface area contributed by atoms with E-state index in [0.717, 1.165) is 9.40 Å². The summed E-state index contributed by atoms with van der Waals surface area (Å²) in [5.41, 5.74) is 0.618. The van der Waals surface area contributed by atoms with E-state index in [4.69, 9.17) is 5.11 Å². The third-order valence-corrected chi connectivity index (χ3v) is 4.17. The van der Waals surface area contributed by atoms with Gasteiger partial charge in [0.15, 0.2) is 5.43 Å². The Balaban J connectivity index is 2.18. The minimum atomic E-state index is -0.936. The van der Waals surface area contributed by atoms with Crippen molar-refractivity contribution in [2.75, 3.05) is 11.9 Å². The van der Waals surface area contributed by atoms with Gasteiger partial charge in [0.2, 0.25) is 0 Å². The van der Waals surface area contributed by atoms with E-state index < -0.39 is 5.97 Å². The van der Waals surface area contributed by atoms with E-state index in [0.29, 0.717) is 16.5 Å². The van der Waals surface area contributed by atoms with E-state index in [9.17, 15) is 9.59 Å². The van der Waals surface area contributed by atoms with Crippen LogP contribution in [0.5, 0.6) is 0 Å². The van der Waals surface area contributed by atoms with Crippen molar-refractivity contribution in [1.82, 2.24) is 0 Å². The average Bonchev–Trinajstić information content (AvgIpc) is 2.46. The number of rotatable bonds is 3. The van der Waals surface area contributed by atoms with Crippen molar-refractivity contribution in [2.45, 2.75) is 0 Å². The summed E-state index contributed by atoms with van der Waals surface area (Å²) in [6.45, 7) is -0.170. The number of carboxylic acids is 1. The molecule has 0 saturated heterocycles. The highest BCUT2D eigenvalue weighted by atomic mass is 32.1. The highest BCUT2D eigenvalue weighted by molar-refractivity contribution is 7.24. The van der Waals surface area contributed by atoms with Crippen LogP contribution in [-0.4, -0.2) is 17.6 Å². The minimum absolute atomic E-state index is 0.0201. The maximum absolute atomic E-state index is 12.4. The highest BCUT2D eigenvalue weighted by Crippen LogP contribution is 2.26. The molecule has 0 radical (unpaired) electrons. The minimum Gasteiger partial charge on any atom is -0.480 e. The summed E-state index contributed by atoms with van der Waals surface area (Å²) in [5.74, 6) is -0.936. The van der Waals surface area contributed by atoms with Gasteiger partial charge in [0.1, 0.15) is 6.54 Å². The lowest BCUT2D eigenvalue weighted by molar-refractivity contribution is -0.134. The lowest BCUT2D eigenvalue weighted by Crippen LogP contribution is -2.12. The largest absolute Gasteiger partial charge is 0.480 e. The molecule has 2 N–H and O–H groups in total. The molecule has 3 rings (SSSR count). The molecule has 0 bridgehead atoms. The number of carboxylic acid groups (broad SMARTS) is 1. The smallest absolute Gasteiger partial charge is 0.322 e. The van der Waals surface area contributed by atoms with Gasteiger partial charge in [0.05, 0.1) is 0 Å². The van der Waals surface area contributed by atoms with Gasteiger partial charge in [-0.05, 0) is 30.3 Å². The Bertz CT molecular complexity index is 870. The zero-order chi connectivity index (χ0) is 14.1. The molecular weight excluding hydrogens is 274 g/mol. The number of aliphatic carboxylic acids is 1. The Kier molecular flexibility index (Phi) is 3.12. The lowest BCUT2D eigenvalue weighted by atomic mass is 10.1. The van der Waals surface area contributed by atoms with Gasteiger partial charge in [-0.1, -0.05) is 12.1 Å². The van der Waals surface area contributed by atoms with Crippen molar-refractivity contribution in [3.8, 4) is 0 Å². The standard InChI is InChI=1S/C15H11NO3S/c17-14(18)8-16-9-5-6-13-11(7-9)15(19)10-3-1-2-4-12(10)20-13/h1-7,16H,8H2,(H,17,18). The topological polar surface area (TPSA) is 66.4 Å². The number of nitrogens with one attached hydrogen (secondary N) is 1. The van der Waals surface area contributed by atoms with Gasteiger partial charge in [0, 0.05) is 25.9 Å². The van der Waals surface area contributed by atoms with Crippen LogP contribution in [-0.2, 0) is 4.79 Å². The molecule has 0 amide bonds. The Morgan fingerprint density at radius 3 is 2.65 bits per heavy atom. The number of fused-ring (bicyclic) bond motifs is 2. The van der Waals surface area contributed by atoms with E-state index in [1.165, 1.54) is 0 Å². The highest BCUT2D eigenvalue weighted by Gasteiger charge is 2.06. The summed E-state index contributed by atoms with van der Waals surface area (Å²) >= 11 is 1.55. The third kappa shape index (κ3) is 2.23. The fraction of sp³-hybridized carbons (Fsp3) is 0.0667. The fourth-order valence-corrected chi connectivity index (χ4v) is 3.14. The Morgan fingerprint density at radius 2 is 1.85 bits per heavy atom. The molecule has 0 fully saturated rings. The molecule has 5 heteroatoms. The first kappa shape index (κ1) is 12.6. The maximum Gasteiger partial charge on any atom is 0.322 e. The van der Waals surface area contributed by atoms with Gasteiger partial charge in [-0.3, -0.25) is 9.59 Å². The molecule has 0 spiro atoms. The van der Waals surface area contributed by atoms with E-state index >= 15 is 0 Å². The molecule has 0 aliphatic heterocycles. The van der Waals surface area contributed by atoms with Crippen LogP contribution >= 0.6 is 11.3 Å². The second-order valence-corrected chi connectivity index (χ2v) is 5.47. The Labute approximate surface area is 118 Å². The first-order valence-electron chi connectivity index (χ1n) is 6.06. The summed E-state index contributed by atoms with van der Waals surface area (Å²) in [4.78, 5) is 23.0. The van der Waals surface area contributed by atoms with Gasteiger partial charge in [-0.2, -0.15) is 0 Å². The molecular formula is C15H11NO3S. The molecule has 4 nitrogen and oxygen atoms in total. The second kappa shape index (κ2) is 4.94. The van der Waals surface area contributed by atoms with Crippen molar-refractivity contribution in [3.63, 3.8) is 0 Å². The fourth-order valence-electron chi connectivity index (χ4n) is 2.09. The molecule has 0 aliphatic carbocycles. The normalized spacial score (nSPS) is 10.8. The number of carbonyl (C=O) groups is 1. The number of benzene rings is 2. The second-order valence-electron chi connectivity index (χ2n) is 4.39. The van der Waals surface area contributed by atoms with Crippen LogP contribution in [0.25, 0.3) is 20.2 Å². The molecule has 1 aromatic heterocycles. The number of hydrogen-bond acceptors (Lipinski definition) is 4. The zero-order valence-electron chi connectivity index (χ0n) is 10.4. The Hall–Kier alpha value is -2.40. The van der Waals surface area contributed by atoms with Gasteiger partial charge in [0.25, 0.3) is 0 Å². The number of anilines is 1. The van der Waals surface area contributed by atoms with Crippen molar-refractivity contribution in [1.29, 1.82) is 0 Å². The molecule has 0 unspecified atom stereocenters. The first-order valence-corrected chi connectivity index (χ1v) is 6.88. The SMILES string of the molecule is O=C(O)CNc1ccc2sc3ccccc3c(=O)c2c1. The molecule has 0 aliphatic rings. The first-order chi connectivity index (χ1) is 9.65. The van der Waals surface area contributed by atoms with Crippen LogP contribution < -0.4 is 10.7 Å². The molecule has 0 atom stereocenters. The number of hydrogen-bond donors (Lipinski definition) is 2. The molecule has 2 aromatic carbocycles. The zero-order valence-corrected chi connectivity index (χ0v) is 11.2. The van der Waals surface area contributed by atoms with Crippen LogP contribution in [0.2, 0.25) is 0 Å². The van der Waals surface area contributed by atoms with Crippen LogP contribution in [0.4, 0.5) is 5.69 Å². The molecule has 20 heavy (non-hydrogen) atoms. The summed E-state index contributed by atoms with van der Waals surface area (Å²) in [6, 6.07) is 12.8. The van der Waals surface area contributed by atoms with E-state index in [1.54, 1.807) is 23.5 Å². The van der Waals surface area contributed by atoms with Gasteiger partial charge in [-0.25, -0.2) is 0 Å². The lowest BCUT2D eigenvalue weighted by Gasteiger charge is -2.05. The van der Waals surface area contributed by atoms with Crippen LogP contribution in [0.15, 0.2) is 47.3 Å². The Morgan fingerprint density at radius 1 is 1.10 bits per heavy atom. The summed E-state index contributed by atoms with van der Waals surface area (Å²) in [6.07, 6.45) is 0. The van der Waals surface area contributed by atoms with Crippen molar-refractivity contribution in [3.05, 3.63) is 52.7 Å². The van der Waals surface area contributed by atoms with E-state index in [1.807, 2.05) is 30.3 Å². The van der Waals surface area contributed by atoms with E-state index in [-0.39, 0.29) is 12.0 Å².